The molecule has 7 heteroatoms. The second-order valence-electron chi connectivity index (χ2n) is 6.68. The van der Waals surface area contributed by atoms with Crippen molar-refractivity contribution in [2.45, 2.75) is 51.2 Å². The second-order valence-corrected chi connectivity index (χ2v) is 6.68. The summed E-state index contributed by atoms with van der Waals surface area (Å²) < 4.78 is 6.46. The molecule has 1 aliphatic carbocycles. The zero-order chi connectivity index (χ0) is 18.4. The van der Waals surface area contributed by atoms with Gasteiger partial charge in [-0.25, -0.2) is 9.48 Å². The van der Waals surface area contributed by atoms with Crippen LogP contribution in [0.2, 0.25) is 0 Å². The van der Waals surface area contributed by atoms with E-state index in [-0.39, 0.29) is 24.2 Å². The molecule has 1 saturated carbocycles. The first-order valence-electron chi connectivity index (χ1n) is 9.21. The normalized spacial score (nSPS) is 15.1. The molecule has 2 amide bonds. The van der Waals surface area contributed by atoms with E-state index in [9.17, 15) is 9.59 Å². The standard InChI is InChI=1S/C19H26N4O3/c1-26-12-11-23-18(24)16-10-6-5-9-15(16)17(22-23)13-20-19(25)21-14-7-3-2-4-8-14/h5-6,9-10,14H,2-4,7-8,11-13H2,1H3,(H2,20,21,25). The molecular weight excluding hydrogens is 332 g/mol. The van der Waals surface area contributed by atoms with Gasteiger partial charge in [-0.3, -0.25) is 4.79 Å². The molecule has 140 valence electrons. The molecule has 2 N–H and O–H groups in total. The molecule has 0 radical (unpaired) electrons. The van der Waals surface area contributed by atoms with Crippen LogP contribution < -0.4 is 16.2 Å². The quantitative estimate of drug-likeness (QED) is 0.829. The van der Waals surface area contributed by atoms with E-state index in [2.05, 4.69) is 15.7 Å². The molecule has 0 atom stereocenters. The van der Waals surface area contributed by atoms with Crippen LogP contribution in [-0.2, 0) is 17.8 Å². The summed E-state index contributed by atoms with van der Waals surface area (Å²) in [5.41, 5.74) is 0.531. The summed E-state index contributed by atoms with van der Waals surface area (Å²) in [6, 6.07) is 7.42. The Labute approximate surface area is 152 Å². The number of methoxy groups -OCH3 is 1. The molecule has 0 aliphatic heterocycles. The maximum absolute atomic E-state index is 12.5. The largest absolute Gasteiger partial charge is 0.383 e. The van der Waals surface area contributed by atoms with Crippen molar-refractivity contribution < 1.29 is 9.53 Å². The molecule has 1 fully saturated rings. The average molecular weight is 358 g/mol. The third-order valence-electron chi connectivity index (χ3n) is 4.81. The highest BCUT2D eigenvalue weighted by Gasteiger charge is 2.16. The van der Waals surface area contributed by atoms with Gasteiger partial charge in [-0.05, 0) is 18.9 Å². The highest BCUT2D eigenvalue weighted by atomic mass is 16.5. The van der Waals surface area contributed by atoms with Crippen LogP contribution in [0, 0.1) is 0 Å². The summed E-state index contributed by atoms with van der Waals surface area (Å²) in [6.07, 6.45) is 5.66. The highest BCUT2D eigenvalue weighted by molar-refractivity contribution is 5.84. The summed E-state index contributed by atoms with van der Waals surface area (Å²) in [6.45, 7) is 1.05. The van der Waals surface area contributed by atoms with E-state index in [0.717, 1.165) is 18.2 Å². The lowest BCUT2D eigenvalue weighted by Gasteiger charge is -2.22. The summed E-state index contributed by atoms with van der Waals surface area (Å²) in [4.78, 5) is 24.7. The SMILES string of the molecule is COCCn1nc(CNC(=O)NC2CCCCC2)c2ccccc2c1=O. The molecule has 2 aromatic rings. The number of nitrogens with one attached hydrogen (secondary N) is 2. The number of carbonyl (C=O) groups is 1. The van der Waals surface area contributed by atoms with Crippen molar-refractivity contribution >= 4 is 16.8 Å². The third-order valence-corrected chi connectivity index (χ3v) is 4.81. The Morgan fingerprint density at radius 2 is 1.96 bits per heavy atom. The minimum atomic E-state index is -0.183. The first kappa shape index (κ1) is 18.4. The Kier molecular flexibility index (Phi) is 6.22. The van der Waals surface area contributed by atoms with Crippen LogP contribution in [0.3, 0.4) is 0 Å². The Hall–Kier alpha value is -2.41. The number of rotatable bonds is 6. The van der Waals surface area contributed by atoms with Gasteiger partial charge in [-0.1, -0.05) is 37.5 Å². The summed E-state index contributed by atoms with van der Waals surface area (Å²) in [7, 11) is 1.59. The van der Waals surface area contributed by atoms with E-state index in [1.807, 2.05) is 18.2 Å². The zero-order valence-corrected chi connectivity index (χ0v) is 15.2. The number of benzene rings is 1. The number of carbonyl (C=O) groups excluding carboxylic acids is 1. The Morgan fingerprint density at radius 1 is 1.23 bits per heavy atom. The van der Waals surface area contributed by atoms with Crippen LogP contribution in [-0.4, -0.2) is 35.6 Å². The predicted octanol–water partition coefficient (Wildman–Crippen LogP) is 2.17. The maximum Gasteiger partial charge on any atom is 0.315 e. The van der Waals surface area contributed by atoms with Crippen molar-refractivity contribution in [2.75, 3.05) is 13.7 Å². The molecule has 1 aromatic heterocycles. The Bertz CT molecular complexity index is 812. The molecule has 1 aliphatic rings. The number of hydrogen-bond acceptors (Lipinski definition) is 4. The lowest BCUT2D eigenvalue weighted by Crippen LogP contribution is -2.42. The Balaban J connectivity index is 1.74. The van der Waals surface area contributed by atoms with Crippen molar-refractivity contribution in [3.05, 3.63) is 40.3 Å². The average Bonchev–Trinajstić information content (AvgIpc) is 2.67. The van der Waals surface area contributed by atoms with E-state index in [1.165, 1.54) is 23.9 Å². The van der Waals surface area contributed by atoms with Gasteiger partial charge in [-0.2, -0.15) is 5.10 Å². The molecule has 1 aromatic carbocycles. The molecule has 0 saturated heterocycles. The monoisotopic (exact) mass is 358 g/mol. The summed E-state index contributed by atoms with van der Waals surface area (Å²) in [5.74, 6) is 0. The van der Waals surface area contributed by atoms with Gasteiger partial charge in [-0.15, -0.1) is 0 Å². The Morgan fingerprint density at radius 3 is 2.69 bits per heavy atom. The number of ether oxygens (including phenoxy) is 1. The van der Waals surface area contributed by atoms with Crippen LogP contribution >= 0.6 is 0 Å². The van der Waals surface area contributed by atoms with E-state index < -0.39 is 0 Å². The van der Waals surface area contributed by atoms with E-state index in [0.29, 0.717) is 24.2 Å². The molecule has 7 nitrogen and oxygen atoms in total. The van der Waals surface area contributed by atoms with E-state index in [1.54, 1.807) is 13.2 Å². The molecule has 3 rings (SSSR count). The minimum absolute atomic E-state index is 0.145. The molecule has 0 unspecified atom stereocenters. The molecule has 0 bridgehead atoms. The summed E-state index contributed by atoms with van der Waals surface area (Å²) >= 11 is 0. The van der Waals surface area contributed by atoms with E-state index in [4.69, 9.17) is 4.74 Å². The lowest BCUT2D eigenvalue weighted by atomic mass is 9.96. The van der Waals surface area contributed by atoms with Gasteiger partial charge in [0.1, 0.15) is 0 Å². The highest BCUT2D eigenvalue weighted by Crippen LogP contribution is 2.17. The molecular formula is C19H26N4O3. The van der Waals surface area contributed by atoms with Crippen molar-refractivity contribution in [3.8, 4) is 0 Å². The van der Waals surface area contributed by atoms with Crippen LogP contribution in [0.1, 0.15) is 37.8 Å². The first-order chi connectivity index (χ1) is 12.7. The molecule has 26 heavy (non-hydrogen) atoms. The van der Waals surface area contributed by atoms with Crippen LogP contribution in [0.5, 0.6) is 0 Å². The van der Waals surface area contributed by atoms with Gasteiger partial charge in [0, 0.05) is 18.5 Å². The third kappa shape index (κ3) is 4.40. The van der Waals surface area contributed by atoms with Gasteiger partial charge in [0.05, 0.1) is 30.8 Å². The van der Waals surface area contributed by atoms with Crippen LogP contribution in [0.25, 0.3) is 10.8 Å². The van der Waals surface area contributed by atoms with Crippen molar-refractivity contribution in [2.24, 2.45) is 0 Å². The zero-order valence-electron chi connectivity index (χ0n) is 15.2. The van der Waals surface area contributed by atoms with Gasteiger partial charge in [0.15, 0.2) is 0 Å². The fourth-order valence-electron chi connectivity index (χ4n) is 3.41. The topological polar surface area (TPSA) is 85.2 Å². The molecule has 1 heterocycles. The number of fused-ring (bicyclic) bond motifs is 1. The number of urea groups is 1. The van der Waals surface area contributed by atoms with Crippen LogP contribution in [0.15, 0.2) is 29.1 Å². The number of aromatic nitrogens is 2. The molecule has 0 spiro atoms. The van der Waals surface area contributed by atoms with E-state index >= 15 is 0 Å². The predicted molar refractivity (Wildman–Crippen MR) is 100 cm³/mol. The van der Waals surface area contributed by atoms with Crippen molar-refractivity contribution in [3.63, 3.8) is 0 Å². The lowest BCUT2D eigenvalue weighted by molar-refractivity contribution is 0.181. The van der Waals surface area contributed by atoms with Crippen molar-refractivity contribution in [1.29, 1.82) is 0 Å². The van der Waals surface area contributed by atoms with Gasteiger partial charge < -0.3 is 15.4 Å². The fraction of sp³-hybridized carbons (Fsp3) is 0.526. The fourth-order valence-corrected chi connectivity index (χ4v) is 3.41. The maximum atomic E-state index is 12.5. The minimum Gasteiger partial charge on any atom is -0.383 e. The first-order valence-corrected chi connectivity index (χ1v) is 9.21. The number of hydrogen-bond donors (Lipinski definition) is 2. The number of nitrogens with zero attached hydrogens (tertiary/aromatic N) is 2. The second kappa shape index (κ2) is 8.80. The summed E-state index contributed by atoms with van der Waals surface area (Å²) in [5, 5.41) is 11.7. The van der Waals surface area contributed by atoms with Gasteiger partial charge in [0.25, 0.3) is 5.56 Å². The van der Waals surface area contributed by atoms with Crippen molar-refractivity contribution in [1.82, 2.24) is 20.4 Å². The van der Waals surface area contributed by atoms with Gasteiger partial charge in [0.2, 0.25) is 0 Å². The smallest absolute Gasteiger partial charge is 0.315 e. The van der Waals surface area contributed by atoms with Crippen LogP contribution in [0.4, 0.5) is 4.79 Å². The van der Waals surface area contributed by atoms with Gasteiger partial charge >= 0.3 is 6.03 Å². The number of amides is 2.